The molecule has 8 heteroatoms. The second-order valence-electron chi connectivity index (χ2n) is 4.15. The Kier molecular flexibility index (Phi) is 2.63. The van der Waals surface area contributed by atoms with Crippen LogP contribution in [-0.4, -0.2) is 19.6 Å². The molecule has 0 aliphatic carbocycles. The van der Waals surface area contributed by atoms with Crippen LogP contribution in [-0.2, 0) is 0 Å². The number of fused-ring (bicyclic) bond motifs is 1. The van der Waals surface area contributed by atoms with Crippen LogP contribution in [0.4, 0.5) is 10.1 Å². The molecule has 1 aromatic carbocycles. The monoisotopic (exact) mass is 275 g/mol. The number of benzene rings is 1. The highest BCUT2D eigenvalue weighted by molar-refractivity contribution is 5.54. The van der Waals surface area contributed by atoms with Crippen molar-refractivity contribution in [1.82, 2.24) is 19.6 Å². The Labute approximate surface area is 111 Å². The average molecular weight is 275 g/mol. The number of halogens is 1. The standard InChI is InChI=1S/C12H10FN5O2/c1-6-15-11(5-10-16-17-12(19)18(6)10)20-9-3-2-7(13)4-8(9)14/h2-5H,14H2,1H3,(H,17,19). The van der Waals surface area contributed by atoms with Crippen molar-refractivity contribution >= 4 is 11.3 Å². The lowest BCUT2D eigenvalue weighted by molar-refractivity contribution is 0.460. The van der Waals surface area contributed by atoms with Crippen molar-refractivity contribution in [2.24, 2.45) is 0 Å². The van der Waals surface area contributed by atoms with Crippen LogP contribution < -0.4 is 16.2 Å². The molecule has 0 atom stereocenters. The van der Waals surface area contributed by atoms with Crippen molar-refractivity contribution < 1.29 is 9.13 Å². The maximum absolute atomic E-state index is 13.0. The summed E-state index contributed by atoms with van der Waals surface area (Å²) in [6.07, 6.45) is 0. The maximum Gasteiger partial charge on any atom is 0.349 e. The summed E-state index contributed by atoms with van der Waals surface area (Å²) in [6, 6.07) is 5.27. The topological polar surface area (TPSA) is 98.3 Å². The zero-order valence-corrected chi connectivity index (χ0v) is 10.4. The molecule has 3 rings (SSSR count). The summed E-state index contributed by atoms with van der Waals surface area (Å²) in [5.41, 5.74) is 5.81. The van der Waals surface area contributed by atoms with E-state index in [2.05, 4.69) is 15.2 Å². The molecule has 0 fully saturated rings. The van der Waals surface area contributed by atoms with Gasteiger partial charge in [0.15, 0.2) is 11.4 Å². The highest BCUT2D eigenvalue weighted by Gasteiger charge is 2.10. The molecule has 0 saturated carbocycles. The zero-order chi connectivity index (χ0) is 14.3. The van der Waals surface area contributed by atoms with Crippen LogP contribution in [0.15, 0.2) is 29.1 Å². The molecule has 2 heterocycles. The molecule has 2 aromatic heterocycles. The Balaban J connectivity index is 2.04. The van der Waals surface area contributed by atoms with E-state index in [9.17, 15) is 9.18 Å². The highest BCUT2D eigenvalue weighted by Crippen LogP contribution is 2.27. The SMILES string of the molecule is Cc1nc(Oc2ccc(F)cc2N)cc2n[nH]c(=O)n12. The first-order valence-corrected chi connectivity index (χ1v) is 5.72. The van der Waals surface area contributed by atoms with Crippen LogP contribution in [0.25, 0.3) is 5.65 Å². The van der Waals surface area contributed by atoms with Crippen molar-refractivity contribution in [3.05, 3.63) is 46.4 Å². The summed E-state index contributed by atoms with van der Waals surface area (Å²) in [5.74, 6) is 0.457. The predicted octanol–water partition coefficient (Wildman–Crippen LogP) is 1.24. The van der Waals surface area contributed by atoms with E-state index in [-0.39, 0.29) is 23.0 Å². The normalized spacial score (nSPS) is 10.9. The van der Waals surface area contributed by atoms with Gasteiger partial charge in [-0.1, -0.05) is 0 Å². The number of aryl methyl sites for hydroxylation is 1. The predicted molar refractivity (Wildman–Crippen MR) is 69.2 cm³/mol. The molecule has 102 valence electrons. The van der Waals surface area contributed by atoms with Gasteiger partial charge in [0.25, 0.3) is 0 Å². The molecule has 0 spiro atoms. The number of anilines is 1. The molecule has 0 amide bonds. The largest absolute Gasteiger partial charge is 0.437 e. The number of aromatic amines is 1. The quantitative estimate of drug-likeness (QED) is 0.685. The number of hydrogen-bond acceptors (Lipinski definition) is 5. The van der Waals surface area contributed by atoms with Crippen molar-refractivity contribution in [2.75, 3.05) is 5.73 Å². The van der Waals surface area contributed by atoms with Gasteiger partial charge in [-0.25, -0.2) is 18.7 Å². The Morgan fingerprint density at radius 3 is 2.95 bits per heavy atom. The molecule has 0 bridgehead atoms. The first-order valence-electron chi connectivity index (χ1n) is 5.72. The van der Waals surface area contributed by atoms with E-state index in [4.69, 9.17) is 10.5 Å². The van der Waals surface area contributed by atoms with Gasteiger partial charge in [0.05, 0.1) is 5.69 Å². The summed E-state index contributed by atoms with van der Waals surface area (Å²) in [4.78, 5) is 15.6. The van der Waals surface area contributed by atoms with Crippen molar-refractivity contribution in [3.63, 3.8) is 0 Å². The average Bonchev–Trinajstić information content (AvgIpc) is 2.75. The van der Waals surface area contributed by atoms with Gasteiger partial charge in [-0.2, -0.15) is 10.1 Å². The summed E-state index contributed by atoms with van der Waals surface area (Å²) in [7, 11) is 0. The molecule has 0 aliphatic rings. The lowest BCUT2D eigenvalue weighted by Crippen LogP contribution is -2.13. The van der Waals surface area contributed by atoms with Crippen LogP contribution in [0.2, 0.25) is 0 Å². The van der Waals surface area contributed by atoms with Gasteiger partial charge >= 0.3 is 5.69 Å². The number of nitrogens with two attached hydrogens (primary N) is 1. The molecule has 20 heavy (non-hydrogen) atoms. The zero-order valence-electron chi connectivity index (χ0n) is 10.4. The number of aromatic nitrogens is 4. The second kappa shape index (κ2) is 4.34. The molecular weight excluding hydrogens is 265 g/mol. The number of nitrogens with one attached hydrogen (secondary N) is 1. The number of rotatable bonds is 2. The Hall–Kier alpha value is -2.90. The smallest absolute Gasteiger partial charge is 0.349 e. The van der Waals surface area contributed by atoms with Crippen LogP contribution >= 0.6 is 0 Å². The molecule has 0 radical (unpaired) electrons. The van der Waals surface area contributed by atoms with Gasteiger partial charge < -0.3 is 10.5 Å². The van der Waals surface area contributed by atoms with E-state index in [1.165, 1.54) is 22.6 Å². The van der Waals surface area contributed by atoms with Gasteiger partial charge in [-0.15, -0.1) is 0 Å². The molecule has 0 aliphatic heterocycles. The van der Waals surface area contributed by atoms with Gasteiger partial charge in [0, 0.05) is 12.1 Å². The molecule has 3 N–H and O–H groups in total. The van der Waals surface area contributed by atoms with Crippen molar-refractivity contribution in [2.45, 2.75) is 6.92 Å². The van der Waals surface area contributed by atoms with Gasteiger partial charge in [-0.3, -0.25) is 0 Å². The second-order valence-corrected chi connectivity index (χ2v) is 4.15. The minimum absolute atomic E-state index is 0.156. The summed E-state index contributed by atoms with van der Waals surface area (Å²) in [5, 5.41) is 6.15. The number of nitrogens with zero attached hydrogens (tertiary/aromatic N) is 3. The van der Waals surface area contributed by atoms with E-state index >= 15 is 0 Å². The van der Waals surface area contributed by atoms with Crippen LogP contribution in [0.3, 0.4) is 0 Å². The van der Waals surface area contributed by atoms with Crippen LogP contribution in [0.1, 0.15) is 5.82 Å². The van der Waals surface area contributed by atoms with Crippen molar-refractivity contribution in [3.8, 4) is 11.6 Å². The molecule has 0 saturated heterocycles. The molecular formula is C12H10FN5O2. The van der Waals surface area contributed by atoms with E-state index in [0.717, 1.165) is 6.07 Å². The fourth-order valence-electron chi connectivity index (χ4n) is 1.85. The Bertz CT molecular complexity index is 855. The number of hydrogen-bond donors (Lipinski definition) is 2. The van der Waals surface area contributed by atoms with E-state index in [0.29, 0.717) is 11.5 Å². The summed E-state index contributed by atoms with van der Waals surface area (Å²) in [6.45, 7) is 1.64. The van der Waals surface area contributed by atoms with Crippen LogP contribution in [0, 0.1) is 12.7 Å². The number of nitrogen functional groups attached to an aromatic ring is 1. The Morgan fingerprint density at radius 1 is 1.40 bits per heavy atom. The third-order valence-corrected chi connectivity index (χ3v) is 2.73. The summed E-state index contributed by atoms with van der Waals surface area (Å²) >= 11 is 0. The molecule has 3 aromatic rings. The number of ether oxygens (including phenoxy) is 1. The van der Waals surface area contributed by atoms with E-state index < -0.39 is 5.82 Å². The third kappa shape index (κ3) is 1.96. The lowest BCUT2D eigenvalue weighted by Gasteiger charge is -2.08. The Morgan fingerprint density at radius 2 is 2.20 bits per heavy atom. The maximum atomic E-state index is 13.0. The third-order valence-electron chi connectivity index (χ3n) is 2.73. The fraction of sp³-hybridized carbons (Fsp3) is 0.0833. The van der Waals surface area contributed by atoms with Crippen LogP contribution in [0.5, 0.6) is 11.6 Å². The highest BCUT2D eigenvalue weighted by atomic mass is 19.1. The van der Waals surface area contributed by atoms with Gasteiger partial charge in [0.1, 0.15) is 11.6 Å². The van der Waals surface area contributed by atoms with E-state index in [1.807, 2.05) is 0 Å². The first kappa shape index (κ1) is 12.2. The molecule has 0 unspecified atom stereocenters. The van der Waals surface area contributed by atoms with Gasteiger partial charge in [-0.05, 0) is 19.1 Å². The first-order chi connectivity index (χ1) is 9.54. The lowest BCUT2D eigenvalue weighted by atomic mass is 10.3. The van der Waals surface area contributed by atoms with Crippen molar-refractivity contribution in [1.29, 1.82) is 0 Å². The number of H-pyrrole nitrogens is 1. The van der Waals surface area contributed by atoms with Gasteiger partial charge in [0.2, 0.25) is 5.88 Å². The minimum Gasteiger partial charge on any atom is -0.437 e. The van der Waals surface area contributed by atoms with E-state index in [1.54, 1.807) is 6.92 Å². The summed E-state index contributed by atoms with van der Waals surface area (Å²) < 4.78 is 19.8. The minimum atomic E-state index is -0.451. The molecule has 7 nitrogen and oxygen atoms in total. The fourth-order valence-corrected chi connectivity index (χ4v) is 1.85.